The van der Waals surface area contributed by atoms with E-state index in [4.69, 9.17) is 9.73 Å². The molecule has 1 saturated heterocycles. The molecule has 3 heterocycles. The molecule has 9 nitrogen and oxygen atoms in total. The third-order valence-corrected chi connectivity index (χ3v) is 5.92. The topological polar surface area (TPSA) is 82.8 Å². The van der Waals surface area contributed by atoms with Gasteiger partial charge in [-0.2, -0.15) is 5.10 Å². The SMILES string of the molecule is CCNC(=NCCCCN1CCN(CC)CC1)NC1CCc2nc(COC)nn2C1.I. The number of nitrogens with one attached hydrogen (secondary N) is 2. The smallest absolute Gasteiger partial charge is 0.191 e. The van der Waals surface area contributed by atoms with Gasteiger partial charge in [-0.15, -0.1) is 24.0 Å². The van der Waals surface area contributed by atoms with Gasteiger partial charge in [0.05, 0.1) is 6.54 Å². The summed E-state index contributed by atoms with van der Waals surface area (Å²) < 4.78 is 7.16. The Bertz CT molecular complexity index is 660. The van der Waals surface area contributed by atoms with E-state index in [0.717, 1.165) is 56.5 Å². The number of guanidine groups is 1. The van der Waals surface area contributed by atoms with Gasteiger partial charge >= 0.3 is 0 Å². The molecule has 1 unspecified atom stereocenters. The van der Waals surface area contributed by atoms with Crippen LogP contribution >= 0.6 is 24.0 Å². The van der Waals surface area contributed by atoms with Crippen LogP contribution < -0.4 is 10.6 Å². The second-order valence-electron chi connectivity index (χ2n) is 8.18. The lowest BCUT2D eigenvalue weighted by Gasteiger charge is -2.33. The van der Waals surface area contributed by atoms with Gasteiger partial charge in [-0.3, -0.25) is 4.99 Å². The minimum atomic E-state index is 0. The number of aromatic nitrogens is 3. The number of ether oxygens (including phenoxy) is 1. The fraction of sp³-hybridized carbons (Fsp3) is 0.857. The predicted molar refractivity (Wildman–Crippen MR) is 135 cm³/mol. The van der Waals surface area contributed by atoms with E-state index in [1.807, 2.05) is 4.68 Å². The first kappa shape index (κ1) is 26.3. The van der Waals surface area contributed by atoms with Crippen molar-refractivity contribution in [2.75, 3.05) is 59.5 Å². The first-order valence-electron chi connectivity index (χ1n) is 11.6. The van der Waals surface area contributed by atoms with Crippen LogP contribution in [0.2, 0.25) is 0 Å². The molecule has 2 aliphatic rings. The van der Waals surface area contributed by atoms with Crippen molar-refractivity contribution in [1.29, 1.82) is 0 Å². The number of hydrogen-bond donors (Lipinski definition) is 2. The quantitative estimate of drug-likeness (QED) is 0.198. The van der Waals surface area contributed by atoms with Gasteiger partial charge in [0.1, 0.15) is 12.4 Å². The maximum absolute atomic E-state index is 5.15. The molecule has 0 aliphatic carbocycles. The first-order chi connectivity index (χ1) is 14.7. The summed E-state index contributed by atoms with van der Waals surface area (Å²) in [6, 6.07) is 0.322. The Labute approximate surface area is 204 Å². The number of unbranched alkanes of at least 4 members (excludes halogenated alkanes) is 1. The standard InChI is InChI=1S/C21H40N8O.HI/c1-4-22-21(23-10-6-7-11-28-14-12-27(5-2)13-15-28)24-18-8-9-20-25-19(17-30-3)26-29(20)16-18;/h18H,4-17H2,1-3H3,(H2,22,23,24);1H. The van der Waals surface area contributed by atoms with Crippen LogP contribution in [0.1, 0.15) is 44.8 Å². The Balaban J connectivity index is 0.00000341. The van der Waals surface area contributed by atoms with E-state index in [1.54, 1.807) is 7.11 Å². The van der Waals surface area contributed by atoms with Crippen molar-refractivity contribution in [1.82, 2.24) is 35.2 Å². The van der Waals surface area contributed by atoms with Crippen LogP contribution in [0.4, 0.5) is 0 Å². The van der Waals surface area contributed by atoms with E-state index in [0.29, 0.717) is 12.6 Å². The van der Waals surface area contributed by atoms with Crippen molar-refractivity contribution in [2.24, 2.45) is 4.99 Å². The van der Waals surface area contributed by atoms with Gasteiger partial charge in [0.25, 0.3) is 0 Å². The molecule has 10 heteroatoms. The van der Waals surface area contributed by atoms with E-state index in [-0.39, 0.29) is 24.0 Å². The summed E-state index contributed by atoms with van der Waals surface area (Å²) in [6.45, 7) is 14.6. The summed E-state index contributed by atoms with van der Waals surface area (Å²) in [5.41, 5.74) is 0. The summed E-state index contributed by atoms with van der Waals surface area (Å²) in [6.07, 6.45) is 4.31. The number of piperazine rings is 1. The molecular formula is C21H41IN8O. The van der Waals surface area contributed by atoms with Crippen molar-refractivity contribution >= 4 is 29.9 Å². The monoisotopic (exact) mass is 548 g/mol. The minimum Gasteiger partial charge on any atom is -0.377 e. The summed E-state index contributed by atoms with van der Waals surface area (Å²) >= 11 is 0. The van der Waals surface area contributed by atoms with Gasteiger partial charge in [0.15, 0.2) is 11.8 Å². The number of fused-ring (bicyclic) bond motifs is 1. The van der Waals surface area contributed by atoms with E-state index in [1.165, 1.54) is 45.7 Å². The van der Waals surface area contributed by atoms with Crippen molar-refractivity contribution in [3.05, 3.63) is 11.6 Å². The number of likely N-dealkylation sites (N-methyl/N-ethyl adjacent to an activating group) is 1. The van der Waals surface area contributed by atoms with Crippen LogP contribution in [0.25, 0.3) is 0 Å². The highest BCUT2D eigenvalue weighted by molar-refractivity contribution is 14.0. The predicted octanol–water partition coefficient (Wildman–Crippen LogP) is 1.33. The van der Waals surface area contributed by atoms with E-state index in [9.17, 15) is 0 Å². The molecule has 0 spiro atoms. The summed E-state index contributed by atoms with van der Waals surface area (Å²) in [4.78, 5) is 14.5. The Morgan fingerprint density at radius 3 is 2.65 bits per heavy atom. The number of methoxy groups -OCH3 is 1. The number of aryl methyl sites for hydroxylation is 1. The molecule has 31 heavy (non-hydrogen) atoms. The molecule has 2 N–H and O–H groups in total. The number of aliphatic imine (C=N–C) groups is 1. The number of hydrogen-bond acceptors (Lipinski definition) is 6. The number of rotatable bonds is 10. The molecule has 1 aromatic heterocycles. The van der Waals surface area contributed by atoms with Crippen LogP contribution in [-0.4, -0.2) is 96.0 Å². The highest BCUT2D eigenvalue weighted by Crippen LogP contribution is 2.13. The molecule has 0 aromatic carbocycles. The highest BCUT2D eigenvalue weighted by atomic mass is 127. The molecule has 1 fully saturated rings. The van der Waals surface area contributed by atoms with E-state index < -0.39 is 0 Å². The third-order valence-electron chi connectivity index (χ3n) is 5.92. The Hall–Kier alpha value is -0.980. The van der Waals surface area contributed by atoms with Crippen LogP contribution in [0.15, 0.2) is 4.99 Å². The highest BCUT2D eigenvalue weighted by Gasteiger charge is 2.22. The maximum Gasteiger partial charge on any atom is 0.191 e. The fourth-order valence-electron chi connectivity index (χ4n) is 4.15. The van der Waals surface area contributed by atoms with Gasteiger partial charge in [-0.1, -0.05) is 6.92 Å². The van der Waals surface area contributed by atoms with Crippen LogP contribution in [-0.2, 0) is 24.3 Å². The number of halogens is 1. The van der Waals surface area contributed by atoms with Crippen molar-refractivity contribution < 1.29 is 4.74 Å². The second kappa shape index (κ2) is 14.2. The second-order valence-corrected chi connectivity index (χ2v) is 8.18. The van der Waals surface area contributed by atoms with Gasteiger partial charge in [-0.05, 0) is 39.3 Å². The van der Waals surface area contributed by atoms with Gasteiger partial charge < -0.3 is 25.2 Å². The van der Waals surface area contributed by atoms with Crippen molar-refractivity contribution in [2.45, 2.75) is 58.7 Å². The summed E-state index contributed by atoms with van der Waals surface area (Å²) in [7, 11) is 1.68. The largest absolute Gasteiger partial charge is 0.377 e. The molecule has 3 rings (SSSR count). The first-order valence-corrected chi connectivity index (χ1v) is 11.6. The van der Waals surface area contributed by atoms with Crippen LogP contribution in [0.3, 0.4) is 0 Å². The Morgan fingerprint density at radius 1 is 1.16 bits per heavy atom. The molecule has 178 valence electrons. The summed E-state index contributed by atoms with van der Waals surface area (Å²) in [5.74, 6) is 2.74. The maximum atomic E-state index is 5.15. The number of nitrogens with zero attached hydrogens (tertiary/aromatic N) is 6. The van der Waals surface area contributed by atoms with Crippen molar-refractivity contribution in [3.63, 3.8) is 0 Å². The zero-order valence-corrected chi connectivity index (χ0v) is 21.8. The molecule has 2 aliphatic heterocycles. The van der Waals surface area contributed by atoms with Crippen molar-refractivity contribution in [3.8, 4) is 0 Å². The van der Waals surface area contributed by atoms with Gasteiger partial charge in [0.2, 0.25) is 0 Å². The Morgan fingerprint density at radius 2 is 1.94 bits per heavy atom. The van der Waals surface area contributed by atoms with Crippen LogP contribution in [0.5, 0.6) is 0 Å². The summed E-state index contributed by atoms with van der Waals surface area (Å²) in [5, 5.41) is 11.5. The van der Waals surface area contributed by atoms with Gasteiger partial charge in [0, 0.05) is 58.8 Å². The lowest BCUT2D eigenvalue weighted by atomic mass is 10.1. The van der Waals surface area contributed by atoms with Gasteiger partial charge in [-0.25, -0.2) is 9.67 Å². The average molecular weight is 549 g/mol. The Kier molecular flexibility index (Phi) is 12.1. The zero-order chi connectivity index (χ0) is 21.2. The zero-order valence-electron chi connectivity index (χ0n) is 19.5. The van der Waals surface area contributed by atoms with Crippen LogP contribution in [0, 0.1) is 0 Å². The molecule has 1 aromatic rings. The van der Waals surface area contributed by atoms with E-state index in [2.05, 4.69) is 44.4 Å². The van der Waals surface area contributed by atoms with E-state index >= 15 is 0 Å². The molecule has 0 bridgehead atoms. The fourth-order valence-corrected chi connectivity index (χ4v) is 4.15. The molecule has 0 radical (unpaired) electrons. The average Bonchev–Trinajstić information content (AvgIpc) is 3.16. The molecular weight excluding hydrogens is 507 g/mol. The molecule has 0 amide bonds. The molecule has 0 saturated carbocycles. The minimum absolute atomic E-state index is 0. The third kappa shape index (κ3) is 8.47. The normalized spacial score (nSPS) is 20.2. The lowest BCUT2D eigenvalue weighted by molar-refractivity contribution is 0.136. The molecule has 1 atom stereocenters. The lowest BCUT2D eigenvalue weighted by Crippen LogP contribution is -2.47.